The van der Waals surface area contributed by atoms with Gasteiger partial charge >= 0.3 is 0 Å². The number of azide groups is 1. The zero-order valence-electron chi connectivity index (χ0n) is 8.19. The SMILES string of the molecule is CCCCCCC=CC=CN=[N+]=[N-]. The van der Waals surface area contributed by atoms with Gasteiger partial charge in [0.2, 0.25) is 0 Å². The lowest BCUT2D eigenvalue weighted by molar-refractivity contribution is 0.674. The van der Waals surface area contributed by atoms with Crippen molar-refractivity contribution in [3.8, 4) is 0 Å². The Morgan fingerprint density at radius 3 is 2.77 bits per heavy atom. The highest BCUT2D eigenvalue weighted by Crippen LogP contribution is 2.02. The molecule has 0 fully saturated rings. The van der Waals surface area contributed by atoms with Crippen LogP contribution in [0.4, 0.5) is 0 Å². The predicted octanol–water partition coefficient (Wildman–Crippen LogP) is 4.34. The summed E-state index contributed by atoms with van der Waals surface area (Å²) in [7, 11) is 0. The second kappa shape index (κ2) is 10.8. The van der Waals surface area contributed by atoms with Gasteiger partial charge in [-0.3, -0.25) is 0 Å². The zero-order valence-corrected chi connectivity index (χ0v) is 8.19. The van der Waals surface area contributed by atoms with Gasteiger partial charge < -0.3 is 0 Å². The molecule has 0 N–H and O–H groups in total. The number of nitrogens with zero attached hydrogens (tertiary/aromatic N) is 3. The summed E-state index contributed by atoms with van der Waals surface area (Å²) in [4.78, 5) is 2.60. The number of hydrogen-bond donors (Lipinski definition) is 0. The molecule has 0 bridgehead atoms. The van der Waals surface area contributed by atoms with Crippen LogP contribution in [0.15, 0.2) is 29.5 Å². The standard InChI is InChI=1S/C10H17N3/c1-2-3-4-5-6-7-8-9-10-12-13-11/h7-10H,2-6H2,1H3. The van der Waals surface area contributed by atoms with Crippen molar-refractivity contribution >= 4 is 0 Å². The van der Waals surface area contributed by atoms with E-state index in [0.29, 0.717) is 0 Å². The topological polar surface area (TPSA) is 48.8 Å². The van der Waals surface area contributed by atoms with Gasteiger partial charge in [-0.25, -0.2) is 0 Å². The fourth-order valence-corrected chi connectivity index (χ4v) is 0.982. The van der Waals surface area contributed by atoms with Crippen molar-refractivity contribution in [3.63, 3.8) is 0 Å². The highest BCUT2D eigenvalue weighted by Gasteiger charge is 1.82. The van der Waals surface area contributed by atoms with Gasteiger partial charge in [0.15, 0.2) is 0 Å². The van der Waals surface area contributed by atoms with Crippen LogP contribution in [0, 0.1) is 0 Å². The van der Waals surface area contributed by atoms with E-state index in [1.807, 2.05) is 6.08 Å². The summed E-state index contributed by atoms with van der Waals surface area (Å²) in [6, 6.07) is 0. The first-order valence-corrected chi connectivity index (χ1v) is 4.77. The molecule has 0 aromatic heterocycles. The largest absolute Gasteiger partial charge is 0.0845 e. The fraction of sp³-hybridized carbons (Fsp3) is 0.600. The highest BCUT2D eigenvalue weighted by atomic mass is 15.1. The van der Waals surface area contributed by atoms with Crippen LogP contribution in [0.25, 0.3) is 10.4 Å². The van der Waals surface area contributed by atoms with Crippen molar-refractivity contribution in [2.24, 2.45) is 5.11 Å². The third-order valence-electron chi connectivity index (χ3n) is 1.68. The van der Waals surface area contributed by atoms with E-state index in [1.165, 1.54) is 31.9 Å². The van der Waals surface area contributed by atoms with Crippen LogP contribution in [0.3, 0.4) is 0 Å². The van der Waals surface area contributed by atoms with Gasteiger partial charge in [0.05, 0.1) is 0 Å². The Morgan fingerprint density at radius 2 is 2.08 bits per heavy atom. The van der Waals surface area contributed by atoms with Crippen molar-refractivity contribution in [2.45, 2.75) is 39.0 Å². The summed E-state index contributed by atoms with van der Waals surface area (Å²) in [6.45, 7) is 2.21. The van der Waals surface area contributed by atoms with E-state index < -0.39 is 0 Å². The van der Waals surface area contributed by atoms with Crippen LogP contribution in [0.5, 0.6) is 0 Å². The number of unbranched alkanes of at least 4 members (excludes halogenated alkanes) is 4. The molecule has 3 heteroatoms. The van der Waals surface area contributed by atoms with E-state index >= 15 is 0 Å². The van der Waals surface area contributed by atoms with Gasteiger partial charge in [-0.1, -0.05) is 49.5 Å². The lowest BCUT2D eigenvalue weighted by Crippen LogP contribution is -1.72. The Morgan fingerprint density at radius 1 is 1.23 bits per heavy atom. The molecule has 0 aliphatic rings. The molecule has 0 aromatic rings. The van der Waals surface area contributed by atoms with Crippen LogP contribution in [-0.2, 0) is 0 Å². The van der Waals surface area contributed by atoms with E-state index in [4.69, 9.17) is 5.53 Å². The molecule has 0 atom stereocenters. The molecule has 0 aromatic carbocycles. The molecule has 0 spiro atoms. The molecular weight excluding hydrogens is 162 g/mol. The Kier molecular flexibility index (Phi) is 9.79. The quantitative estimate of drug-likeness (QED) is 0.183. The normalized spacial score (nSPS) is 10.8. The van der Waals surface area contributed by atoms with Crippen LogP contribution in [0.2, 0.25) is 0 Å². The molecule has 0 saturated carbocycles. The summed E-state index contributed by atoms with van der Waals surface area (Å²) >= 11 is 0. The molecule has 0 unspecified atom stereocenters. The number of hydrogen-bond acceptors (Lipinski definition) is 1. The predicted molar refractivity (Wildman–Crippen MR) is 56.2 cm³/mol. The number of allylic oxidation sites excluding steroid dienone is 3. The third-order valence-corrected chi connectivity index (χ3v) is 1.68. The molecular formula is C10H17N3. The lowest BCUT2D eigenvalue weighted by atomic mass is 10.1. The van der Waals surface area contributed by atoms with Crippen molar-refractivity contribution in [2.75, 3.05) is 0 Å². The second-order valence-electron chi connectivity index (χ2n) is 2.82. The maximum Gasteiger partial charge on any atom is 0.00475 e. The van der Waals surface area contributed by atoms with Gasteiger partial charge in [-0.05, 0) is 18.4 Å². The molecule has 0 heterocycles. The third kappa shape index (κ3) is 10.8. The van der Waals surface area contributed by atoms with Crippen LogP contribution in [0.1, 0.15) is 39.0 Å². The minimum atomic E-state index is 1.11. The average molecular weight is 179 g/mol. The minimum absolute atomic E-state index is 1.11. The van der Waals surface area contributed by atoms with Gasteiger partial charge in [0.25, 0.3) is 0 Å². The molecule has 0 amide bonds. The zero-order chi connectivity index (χ0) is 9.78. The molecule has 0 aliphatic heterocycles. The summed E-state index contributed by atoms with van der Waals surface area (Å²) < 4.78 is 0. The first kappa shape index (κ1) is 11.8. The Bertz CT molecular complexity index is 200. The van der Waals surface area contributed by atoms with E-state index in [2.05, 4.69) is 23.0 Å². The van der Waals surface area contributed by atoms with Crippen molar-refractivity contribution in [3.05, 3.63) is 34.9 Å². The van der Waals surface area contributed by atoms with Crippen molar-refractivity contribution in [1.29, 1.82) is 0 Å². The summed E-state index contributed by atoms with van der Waals surface area (Å²) in [5.74, 6) is 0. The van der Waals surface area contributed by atoms with Gasteiger partial charge in [-0.2, -0.15) is 0 Å². The van der Waals surface area contributed by atoms with Gasteiger partial charge in [-0.15, -0.1) is 0 Å². The summed E-state index contributed by atoms with van der Waals surface area (Å²) in [5, 5.41) is 3.27. The molecule has 72 valence electrons. The van der Waals surface area contributed by atoms with Crippen LogP contribution < -0.4 is 0 Å². The van der Waals surface area contributed by atoms with Gasteiger partial charge in [0, 0.05) is 11.1 Å². The molecule has 0 rings (SSSR count). The molecule has 0 radical (unpaired) electrons. The monoisotopic (exact) mass is 179 g/mol. The maximum absolute atomic E-state index is 7.95. The maximum atomic E-state index is 7.95. The van der Waals surface area contributed by atoms with E-state index in [9.17, 15) is 0 Å². The second-order valence-corrected chi connectivity index (χ2v) is 2.82. The summed E-state index contributed by atoms with van der Waals surface area (Å²) in [6.07, 6.45) is 13.5. The molecule has 13 heavy (non-hydrogen) atoms. The Balaban J connectivity index is 3.26. The minimum Gasteiger partial charge on any atom is -0.0845 e. The van der Waals surface area contributed by atoms with Gasteiger partial charge in [0.1, 0.15) is 0 Å². The fourth-order valence-electron chi connectivity index (χ4n) is 0.982. The van der Waals surface area contributed by atoms with E-state index in [1.54, 1.807) is 6.08 Å². The van der Waals surface area contributed by atoms with Crippen molar-refractivity contribution < 1.29 is 0 Å². The number of rotatable bonds is 7. The Labute approximate surface area is 79.8 Å². The van der Waals surface area contributed by atoms with E-state index in [-0.39, 0.29) is 0 Å². The van der Waals surface area contributed by atoms with Crippen molar-refractivity contribution in [1.82, 2.24) is 0 Å². The first-order chi connectivity index (χ1) is 6.41. The lowest BCUT2D eigenvalue weighted by Gasteiger charge is -1.92. The molecule has 0 aliphatic carbocycles. The Hall–Kier alpha value is -1.21. The van der Waals surface area contributed by atoms with E-state index in [0.717, 1.165) is 6.42 Å². The summed E-state index contributed by atoms with van der Waals surface area (Å²) in [5.41, 5.74) is 7.95. The first-order valence-electron chi connectivity index (χ1n) is 4.77. The van der Waals surface area contributed by atoms with Crippen LogP contribution >= 0.6 is 0 Å². The smallest absolute Gasteiger partial charge is 0.00475 e. The van der Waals surface area contributed by atoms with Crippen LogP contribution in [-0.4, -0.2) is 0 Å². The molecule has 3 nitrogen and oxygen atoms in total. The average Bonchev–Trinajstić information content (AvgIpc) is 2.16. The molecule has 0 saturated heterocycles. The highest BCUT2D eigenvalue weighted by molar-refractivity contribution is 5.01.